The molecule has 0 unspecified atom stereocenters. The molecule has 0 aliphatic carbocycles. The van der Waals surface area contributed by atoms with Crippen molar-refractivity contribution in [2.75, 3.05) is 24.7 Å². The first-order valence-corrected chi connectivity index (χ1v) is 18.3. The lowest BCUT2D eigenvalue weighted by Crippen LogP contribution is -2.54. The second-order valence-electron chi connectivity index (χ2n) is 12.7. The van der Waals surface area contributed by atoms with Crippen molar-refractivity contribution in [3.05, 3.63) is 6.33 Å². The number of hydrogen-bond acceptors (Lipinski definition) is 9. The lowest BCUT2D eigenvalue weighted by atomic mass is 10.00. The van der Waals surface area contributed by atoms with Gasteiger partial charge in [0.1, 0.15) is 12.3 Å². The number of nitriles is 1. The largest absolute Gasteiger partial charge is 0.413 e. The van der Waals surface area contributed by atoms with Crippen LogP contribution in [0.25, 0.3) is 11.2 Å². The van der Waals surface area contributed by atoms with E-state index in [1.165, 1.54) is 0 Å². The molecule has 2 aromatic heterocycles. The fraction of sp³-hybridized carbons (Fsp3) is 0.750. The molecule has 12 heteroatoms. The van der Waals surface area contributed by atoms with E-state index >= 15 is 0 Å². The van der Waals surface area contributed by atoms with Crippen LogP contribution in [0.1, 0.15) is 54.2 Å². The highest BCUT2D eigenvalue weighted by Gasteiger charge is 2.55. The van der Waals surface area contributed by atoms with Gasteiger partial charge in [0.2, 0.25) is 11.5 Å². The van der Waals surface area contributed by atoms with E-state index in [2.05, 4.69) is 94.1 Å². The lowest BCUT2D eigenvalue weighted by molar-refractivity contribution is -0.0851. The van der Waals surface area contributed by atoms with Gasteiger partial charge in [0.05, 0.1) is 19.0 Å². The fourth-order valence-electron chi connectivity index (χ4n) is 3.67. The van der Waals surface area contributed by atoms with E-state index < -0.39 is 34.6 Å². The molecular formula is C24H43N7O3Si2. The van der Waals surface area contributed by atoms with Crippen LogP contribution in [-0.2, 0) is 13.6 Å². The van der Waals surface area contributed by atoms with Gasteiger partial charge in [-0.25, -0.2) is 4.98 Å². The Morgan fingerprint density at radius 2 is 1.78 bits per heavy atom. The summed E-state index contributed by atoms with van der Waals surface area (Å²) in [7, 11) is -2.63. The number of nitrogens with two attached hydrogens (primary N) is 1. The van der Waals surface area contributed by atoms with Gasteiger partial charge in [-0.1, -0.05) is 41.5 Å². The predicted octanol–water partition coefficient (Wildman–Crippen LogP) is 5.04. The Morgan fingerprint density at radius 3 is 2.31 bits per heavy atom. The summed E-state index contributed by atoms with van der Waals surface area (Å²) < 4.78 is 21.8. The summed E-state index contributed by atoms with van der Waals surface area (Å²) >= 11 is 0. The number of ether oxygens (including phenoxy) is 1. The Bertz CT molecular complexity index is 1150. The van der Waals surface area contributed by atoms with E-state index in [-0.39, 0.29) is 22.6 Å². The molecule has 1 aliphatic rings. The Hall–Kier alpha value is -2.05. The first kappa shape index (κ1) is 28.5. The van der Waals surface area contributed by atoms with Crippen LogP contribution in [-0.4, -0.2) is 61.5 Å². The number of nitrogens with zero attached hydrogens (tertiary/aromatic N) is 5. The smallest absolute Gasteiger partial charge is 0.224 e. The maximum Gasteiger partial charge on any atom is 0.224 e. The second-order valence-corrected chi connectivity index (χ2v) is 22.3. The minimum absolute atomic E-state index is 0.00398. The summed E-state index contributed by atoms with van der Waals surface area (Å²) in [6.45, 7) is 22.0. The summed E-state index contributed by atoms with van der Waals surface area (Å²) in [5.41, 5.74) is 5.83. The molecule has 200 valence electrons. The van der Waals surface area contributed by atoms with Gasteiger partial charge in [-0.2, -0.15) is 15.2 Å². The van der Waals surface area contributed by atoms with Gasteiger partial charge >= 0.3 is 0 Å². The van der Waals surface area contributed by atoms with Crippen molar-refractivity contribution < 1.29 is 13.6 Å². The number of nitrogens with one attached hydrogen (secondary N) is 1. The molecular weight excluding hydrogens is 490 g/mol. The number of anilines is 2. The molecule has 10 nitrogen and oxygen atoms in total. The Balaban J connectivity index is 2.04. The molecule has 0 amide bonds. The number of hydrogen-bond donors (Lipinski definition) is 2. The topological polar surface area (TPSA) is 133 Å². The van der Waals surface area contributed by atoms with E-state index in [9.17, 15) is 5.26 Å². The third kappa shape index (κ3) is 5.17. The van der Waals surface area contributed by atoms with Crippen molar-refractivity contribution >= 4 is 39.6 Å². The zero-order valence-corrected chi connectivity index (χ0v) is 25.7. The van der Waals surface area contributed by atoms with Crippen LogP contribution in [0.4, 0.5) is 11.8 Å². The SMILES string of the molecule is CNc1nc(N)nc2c1ncn2[C@H]1C[C@H](O[Si](C)(C)C(C)(C)C)[C@@](C#N)(CO[Si](C)(C)C(C)(C)C)O1. The molecule has 3 atom stereocenters. The summed E-state index contributed by atoms with van der Waals surface area (Å²) in [6.07, 6.45) is 1.13. The van der Waals surface area contributed by atoms with Crippen molar-refractivity contribution in [3.8, 4) is 6.07 Å². The average molecular weight is 534 g/mol. The maximum atomic E-state index is 10.6. The molecule has 3 rings (SSSR count). The molecule has 36 heavy (non-hydrogen) atoms. The predicted molar refractivity (Wildman–Crippen MR) is 148 cm³/mol. The number of aromatic nitrogens is 4. The molecule has 1 aliphatic heterocycles. The van der Waals surface area contributed by atoms with Crippen LogP contribution in [0.15, 0.2) is 6.33 Å². The van der Waals surface area contributed by atoms with Crippen LogP contribution >= 0.6 is 0 Å². The van der Waals surface area contributed by atoms with E-state index in [1.807, 2.05) is 4.57 Å². The number of rotatable bonds is 7. The Morgan fingerprint density at radius 1 is 1.17 bits per heavy atom. The van der Waals surface area contributed by atoms with Crippen molar-refractivity contribution in [2.24, 2.45) is 0 Å². The minimum atomic E-state index is -2.23. The van der Waals surface area contributed by atoms with Gasteiger partial charge in [0, 0.05) is 13.5 Å². The van der Waals surface area contributed by atoms with Crippen molar-refractivity contribution in [1.82, 2.24) is 19.5 Å². The Kier molecular flexibility index (Phi) is 7.42. The van der Waals surface area contributed by atoms with Crippen LogP contribution in [0, 0.1) is 11.3 Å². The maximum absolute atomic E-state index is 10.6. The number of imidazole rings is 1. The highest BCUT2D eigenvalue weighted by atomic mass is 28.4. The monoisotopic (exact) mass is 533 g/mol. The van der Waals surface area contributed by atoms with Crippen LogP contribution in [0.2, 0.25) is 36.3 Å². The third-order valence-corrected chi connectivity index (χ3v) is 17.1. The van der Waals surface area contributed by atoms with E-state index in [0.29, 0.717) is 23.4 Å². The summed E-state index contributed by atoms with van der Waals surface area (Å²) in [6, 6.07) is 2.47. The molecule has 2 aromatic rings. The summed E-state index contributed by atoms with van der Waals surface area (Å²) in [5.74, 6) is 0.671. The second kappa shape index (κ2) is 9.36. The number of nitrogen functional groups attached to an aromatic ring is 1. The van der Waals surface area contributed by atoms with Gasteiger partial charge in [0.15, 0.2) is 33.6 Å². The van der Waals surface area contributed by atoms with Crippen molar-refractivity contribution in [3.63, 3.8) is 0 Å². The van der Waals surface area contributed by atoms with Gasteiger partial charge < -0.3 is 24.6 Å². The highest BCUT2D eigenvalue weighted by Crippen LogP contribution is 2.46. The molecule has 0 spiro atoms. The van der Waals surface area contributed by atoms with E-state index in [4.69, 9.17) is 19.3 Å². The highest BCUT2D eigenvalue weighted by molar-refractivity contribution is 6.74. The molecule has 1 saturated heterocycles. The van der Waals surface area contributed by atoms with Gasteiger partial charge in [-0.05, 0) is 36.3 Å². The standard InChI is InChI=1S/C24H43N7O3Si2/c1-22(2,3)35(8,9)32-14-24(13-25)16(34-36(10,11)23(4,5)6)12-17(33-24)31-15-28-18-19(27-7)29-21(26)30-20(18)31/h15-17H,12,14H2,1-11H3,(H3,26,27,29,30)/t16-,17+,24+/m0/s1. The van der Waals surface area contributed by atoms with Crippen LogP contribution in [0.5, 0.6) is 0 Å². The summed E-state index contributed by atoms with van der Waals surface area (Å²) in [4.78, 5) is 13.2. The third-order valence-electron chi connectivity index (χ3n) is 8.15. The number of fused-ring (bicyclic) bond motifs is 1. The van der Waals surface area contributed by atoms with Crippen molar-refractivity contribution in [2.45, 2.75) is 102 Å². The van der Waals surface area contributed by atoms with Gasteiger partial charge in [-0.3, -0.25) is 4.57 Å². The molecule has 0 aromatic carbocycles. The van der Waals surface area contributed by atoms with E-state index in [0.717, 1.165) is 0 Å². The Labute approximate surface area is 217 Å². The quantitative estimate of drug-likeness (QED) is 0.469. The summed E-state index contributed by atoms with van der Waals surface area (Å²) in [5, 5.41) is 13.5. The molecule has 3 N–H and O–H groups in total. The minimum Gasteiger partial charge on any atom is -0.413 e. The first-order chi connectivity index (χ1) is 16.4. The van der Waals surface area contributed by atoms with Gasteiger partial charge in [0.25, 0.3) is 0 Å². The molecule has 0 bridgehead atoms. The van der Waals surface area contributed by atoms with E-state index in [1.54, 1.807) is 13.4 Å². The molecule has 1 fully saturated rings. The van der Waals surface area contributed by atoms with Crippen LogP contribution in [0.3, 0.4) is 0 Å². The molecule has 0 radical (unpaired) electrons. The first-order valence-electron chi connectivity index (χ1n) is 12.5. The van der Waals surface area contributed by atoms with Gasteiger partial charge in [-0.15, -0.1) is 0 Å². The van der Waals surface area contributed by atoms with Crippen molar-refractivity contribution in [1.29, 1.82) is 5.26 Å². The zero-order chi connectivity index (χ0) is 27.3. The average Bonchev–Trinajstić information content (AvgIpc) is 3.31. The molecule has 3 heterocycles. The normalized spacial score (nSPS) is 23.7. The fourth-order valence-corrected chi connectivity index (χ4v) is 6.03. The van der Waals surface area contributed by atoms with Crippen LogP contribution < -0.4 is 11.1 Å². The lowest BCUT2D eigenvalue weighted by Gasteiger charge is -2.42. The zero-order valence-electron chi connectivity index (χ0n) is 23.7. The molecule has 0 saturated carbocycles.